The number of nitrogens with one attached hydrogen (secondary N) is 1. The molecule has 0 unspecified atom stereocenters. The lowest BCUT2D eigenvalue weighted by Crippen LogP contribution is -2.12. The average molecular weight is 311 g/mol. The second kappa shape index (κ2) is 6.43. The largest absolute Gasteiger partial charge is 0.489 e. The van der Waals surface area contributed by atoms with Gasteiger partial charge in [-0.05, 0) is 17.7 Å². The van der Waals surface area contributed by atoms with Gasteiger partial charge in [-0.2, -0.15) is 0 Å². The van der Waals surface area contributed by atoms with Gasteiger partial charge in [0.25, 0.3) is 0 Å². The van der Waals surface area contributed by atoms with E-state index in [0.29, 0.717) is 24.0 Å². The maximum Gasteiger partial charge on any atom is 0.179 e. The van der Waals surface area contributed by atoms with E-state index in [2.05, 4.69) is 10.3 Å². The summed E-state index contributed by atoms with van der Waals surface area (Å²) in [6.45, 7) is 2.85. The highest BCUT2D eigenvalue weighted by Crippen LogP contribution is 2.37. The van der Waals surface area contributed by atoms with Crippen LogP contribution in [-0.4, -0.2) is 18.2 Å². The van der Waals surface area contributed by atoms with E-state index in [1.165, 1.54) is 4.88 Å². The molecule has 0 aliphatic carbocycles. The van der Waals surface area contributed by atoms with E-state index in [1.54, 1.807) is 11.3 Å². The Hall–Kier alpha value is -1.30. The van der Waals surface area contributed by atoms with Crippen LogP contribution in [0.3, 0.4) is 0 Å². The first kappa shape index (κ1) is 13.7. The zero-order valence-electron chi connectivity index (χ0n) is 10.9. The molecule has 2 aromatic rings. The van der Waals surface area contributed by atoms with Gasteiger partial charge in [0.15, 0.2) is 11.5 Å². The summed E-state index contributed by atoms with van der Waals surface area (Å²) in [4.78, 5) is 5.26. The van der Waals surface area contributed by atoms with Crippen LogP contribution in [0.25, 0.3) is 0 Å². The van der Waals surface area contributed by atoms with E-state index in [1.807, 2.05) is 23.8 Å². The summed E-state index contributed by atoms with van der Waals surface area (Å²) < 4.78 is 11.3. The van der Waals surface area contributed by atoms with Crippen LogP contribution in [0, 0.1) is 0 Å². The van der Waals surface area contributed by atoms with E-state index < -0.39 is 0 Å². The van der Waals surface area contributed by atoms with Gasteiger partial charge in [-0.1, -0.05) is 11.6 Å². The third-order valence-corrected chi connectivity index (χ3v) is 4.03. The molecule has 1 aromatic heterocycles. The lowest BCUT2D eigenvalue weighted by Gasteiger charge is -2.12. The summed E-state index contributed by atoms with van der Waals surface area (Å²) in [5, 5.41) is 3.98. The van der Waals surface area contributed by atoms with Gasteiger partial charge in [0.2, 0.25) is 0 Å². The minimum absolute atomic E-state index is 0.610. The molecule has 0 saturated heterocycles. The number of fused-ring (bicyclic) bond motifs is 1. The van der Waals surface area contributed by atoms with Crippen molar-refractivity contribution in [1.82, 2.24) is 10.3 Å². The zero-order chi connectivity index (χ0) is 13.8. The number of thiazole rings is 1. The molecule has 1 aromatic carbocycles. The molecule has 0 radical (unpaired) electrons. The predicted molar refractivity (Wildman–Crippen MR) is 79.7 cm³/mol. The van der Waals surface area contributed by atoms with Crippen LogP contribution in [0.15, 0.2) is 23.8 Å². The summed E-state index contributed by atoms with van der Waals surface area (Å²) in [5.74, 6) is 1.40. The van der Waals surface area contributed by atoms with Crippen LogP contribution < -0.4 is 14.8 Å². The number of aromatic nitrogens is 1. The second-order valence-corrected chi connectivity index (χ2v) is 5.90. The Balaban J connectivity index is 1.67. The monoisotopic (exact) mass is 310 g/mol. The van der Waals surface area contributed by atoms with E-state index in [-0.39, 0.29) is 0 Å². The highest BCUT2D eigenvalue weighted by molar-refractivity contribution is 7.09. The third kappa shape index (κ3) is 3.23. The highest BCUT2D eigenvalue weighted by Gasteiger charge is 2.15. The normalized spacial score (nSPS) is 14.1. The summed E-state index contributed by atoms with van der Waals surface area (Å²) in [6, 6.07) is 3.92. The van der Waals surface area contributed by atoms with Crippen LogP contribution in [0.5, 0.6) is 11.5 Å². The molecular weight excluding hydrogens is 296 g/mol. The molecule has 6 heteroatoms. The highest BCUT2D eigenvalue weighted by atomic mass is 35.5. The molecule has 0 spiro atoms. The summed E-state index contributed by atoms with van der Waals surface area (Å²) in [5.41, 5.74) is 2.92. The van der Waals surface area contributed by atoms with Gasteiger partial charge >= 0.3 is 0 Å². The van der Waals surface area contributed by atoms with E-state index >= 15 is 0 Å². The molecule has 0 fully saturated rings. The molecule has 2 heterocycles. The number of nitrogens with zero attached hydrogens (tertiary/aromatic N) is 1. The van der Waals surface area contributed by atoms with Gasteiger partial charge in [0.1, 0.15) is 0 Å². The van der Waals surface area contributed by atoms with Crippen molar-refractivity contribution >= 4 is 22.9 Å². The fourth-order valence-corrected chi connectivity index (χ4v) is 2.90. The Morgan fingerprint density at radius 2 is 2.15 bits per heavy atom. The standard InChI is InChI=1S/C14H15ClN2O2S/c15-12-4-10(6-16-7-11-8-17-9-20-11)5-13-14(12)19-3-1-2-18-13/h4-5,8-9,16H,1-3,6-7H2. The van der Waals surface area contributed by atoms with Gasteiger partial charge in [-0.15, -0.1) is 11.3 Å². The number of ether oxygens (including phenoxy) is 2. The third-order valence-electron chi connectivity index (χ3n) is 2.97. The molecule has 0 saturated carbocycles. The first-order valence-corrected chi connectivity index (χ1v) is 7.75. The Kier molecular flexibility index (Phi) is 4.40. The van der Waals surface area contributed by atoms with Crippen LogP contribution in [-0.2, 0) is 13.1 Å². The fraction of sp³-hybridized carbons (Fsp3) is 0.357. The minimum Gasteiger partial charge on any atom is -0.489 e. The van der Waals surface area contributed by atoms with Gasteiger partial charge in [0, 0.05) is 30.6 Å². The van der Waals surface area contributed by atoms with Crippen LogP contribution in [0.1, 0.15) is 16.9 Å². The molecule has 1 aliphatic rings. The SMILES string of the molecule is Clc1cc(CNCc2cncs2)cc2c1OCCCO2. The summed E-state index contributed by atoms with van der Waals surface area (Å²) in [7, 11) is 0. The summed E-state index contributed by atoms with van der Waals surface area (Å²) in [6.07, 6.45) is 2.75. The number of rotatable bonds is 4. The van der Waals surface area contributed by atoms with Crippen molar-refractivity contribution in [3.63, 3.8) is 0 Å². The maximum atomic E-state index is 6.26. The molecule has 3 rings (SSSR count). The van der Waals surface area contributed by atoms with E-state index in [9.17, 15) is 0 Å². The fourth-order valence-electron chi connectivity index (χ4n) is 2.05. The van der Waals surface area contributed by atoms with Crippen LogP contribution in [0.2, 0.25) is 5.02 Å². The average Bonchev–Trinajstić information content (AvgIpc) is 2.83. The van der Waals surface area contributed by atoms with Gasteiger partial charge in [-0.25, -0.2) is 0 Å². The van der Waals surface area contributed by atoms with Gasteiger partial charge in [0.05, 0.1) is 23.7 Å². The first-order chi connectivity index (χ1) is 9.83. The van der Waals surface area contributed by atoms with Crippen molar-refractivity contribution in [3.8, 4) is 11.5 Å². The molecule has 20 heavy (non-hydrogen) atoms. The molecule has 1 aliphatic heterocycles. The number of benzene rings is 1. The summed E-state index contributed by atoms with van der Waals surface area (Å²) >= 11 is 7.90. The lowest BCUT2D eigenvalue weighted by molar-refractivity contribution is 0.297. The minimum atomic E-state index is 0.610. The molecule has 0 atom stereocenters. The molecule has 0 amide bonds. The Morgan fingerprint density at radius 1 is 1.25 bits per heavy atom. The Bertz CT molecular complexity index is 575. The van der Waals surface area contributed by atoms with Crippen molar-refractivity contribution in [3.05, 3.63) is 39.3 Å². The number of halogens is 1. The predicted octanol–water partition coefficient (Wildman–Crippen LogP) is 3.25. The van der Waals surface area contributed by atoms with Crippen molar-refractivity contribution in [1.29, 1.82) is 0 Å². The molecular formula is C14H15ClN2O2S. The van der Waals surface area contributed by atoms with Crippen LogP contribution >= 0.6 is 22.9 Å². The van der Waals surface area contributed by atoms with Crippen molar-refractivity contribution < 1.29 is 9.47 Å². The van der Waals surface area contributed by atoms with Crippen LogP contribution in [0.4, 0.5) is 0 Å². The Labute approximate surface area is 126 Å². The number of hydrogen-bond acceptors (Lipinski definition) is 5. The first-order valence-electron chi connectivity index (χ1n) is 6.49. The van der Waals surface area contributed by atoms with E-state index in [0.717, 1.165) is 30.8 Å². The van der Waals surface area contributed by atoms with Gasteiger partial charge in [-0.3, -0.25) is 4.98 Å². The van der Waals surface area contributed by atoms with Gasteiger partial charge < -0.3 is 14.8 Å². The molecule has 4 nitrogen and oxygen atoms in total. The van der Waals surface area contributed by atoms with Crippen molar-refractivity contribution in [2.75, 3.05) is 13.2 Å². The van der Waals surface area contributed by atoms with Crippen molar-refractivity contribution in [2.45, 2.75) is 19.5 Å². The molecule has 106 valence electrons. The quantitative estimate of drug-likeness (QED) is 0.941. The molecule has 0 bridgehead atoms. The lowest BCUT2D eigenvalue weighted by atomic mass is 10.2. The second-order valence-electron chi connectivity index (χ2n) is 4.53. The van der Waals surface area contributed by atoms with E-state index in [4.69, 9.17) is 21.1 Å². The topological polar surface area (TPSA) is 43.4 Å². The molecule has 1 N–H and O–H groups in total. The Morgan fingerprint density at radius 3 is 3.00 bits per heavy atom. The van der Waals surface area contributed by atoms with Crippen molar-refractivity contribution in [2.24, 2.45) is 0 Å². The smallest absolute Gasteiger partial charge is 0.179 e. The zero-order valence-corrected chi connectivity index (χ0v) is 12.5. The number of hydrogen-bond donors (Lipinski definition) is 1. The maximum absolute atomic E-state index is 6.26.